The molecule has 2 aliphatic rings. The summed E-state index contributed by atoms with van der Waals surface area (Å²) in [5, 5.41) is 2.75. The molecule has 0 radical (unpaired) electrons. The Balaban J connectivity index is 1.39. The van der Waals surface area contributed by atoms with E-state index >= 15 is 0 Å². The molecular formula is C18H18N2O6S. The highest BCUT2D eigenvalue weighted by Gasteiger charge is 2.28. The van der Waals surface area contributed by atoms with Crippen LogP contribution in [0.2, 0.25) is 0 Å². The molecule has 2 heterocycles. The number of nitrogens with one attached hydrogen (secondary N) is 2. The largest absolute Gasteiger partial charge is 0.486 e. The van der Waals surface area contributed by atoms with E-state index < -0.39 is 16.1 Å². The maximum Gasteiger partial charge on any atom is 0.265 e. The van der Waals surface area contributed by atoms with Gasteiger partial charge in [-0.15, -0.1) is 0 Å². The van der Waals surface area contributed by atoms with Crippen LogP contribution in [-0.4, -0.2) is 40.2 Å². The van der Waals surface area contributed by atoms with Gasteiger partial charge in [0.15, 0.2) is 17.6 Å². The van der Waals surface area contributed by atoms with Gasteiger partial charge in [0.05, 0.1) is 10.6 Å². The summed E-state index contributed by atoms with van der Waals surface area (Å²) in [6.07, 6.45) is -0.563. The summed E-state index contributed by atoms with van der Waals surface area (Å²) in [4.78, 5) is 12.2. The summed E-state index contributed by atoms with van der Waals surface area (Å²) >= 11 is 0. The van der Waals surface area contributed by atoms with Gasteiger partial charge in [-0.05, 0) is 24.3 Å². The van der Waals surface area contributed by atoms with Crippen LogP contribution in [0, 0.1) is 0 Å². The number of sulfonamides is 1. The lowest BCUT2D eigenvalue weighted by atomic mass is 10.2. The predicted octanol–water partition coefficient (Wildman–Crippen LogP) is 1.53. The molecular weight excluding hydrogens is 372 g/mol. The molecule has 0 saturated carbocycles. The molecule has 8 nitrogen and oxygen atoms in total. The van der Waals surface area contributed by atoms with Gasteiger partial charge in [-0.25, -0.2) is 13.1 Å². The number of para-hydroxylation sites is 2. The molecule has 27 heavy (non-hydrogen) atoms. The number of rotatable bonds is 5. The Labute approximate surface area is 156 Å². The number of carbonyl (C=O) groups excluding carboxylic acids is 1. The van der Waals surface area contributed by atoms with Crippen molar-refractivity contribution in [1.82, 2.24) is 4.72 Å². The van der Waals surface area contributed by atoms with Crippen molar-refractivity contribution >= 4 is 21.6 Å². The normalized spacial score (nSPS) is 18.2. The average molecular weight is 390 g/mol. The SMILES string of the molecule is O=C1Nc2ccccc2OC1CCNS(=O)(=O)c1ccc2c(c1)OCCO2. The lowest BCUT2D eigenvalue weighted by Gasteiger charge is -2.25. The number of ether oxygens (including phenoxy) is 3. The Morgan fingerprint density at radius 2 is 1.81 bits per heavy atom. The third-order valence-corrected chi connectivity index (χ3v) is 5.69. The fourth-order valence-electron chi connectivity index (χ4n) is 2.88. The van der Waals surface area contributed by atoms with Crippen LogP contribution < -0.4 is 24.2 Å². The fourth-order valence-corrected chi connectivity index (χ4v) is 3.94. The number of hydrogen-bond acceptors (Lipinski definition) is 6. The fraction of sp³-hybridized carbons (Fsp3) is 0.278. The first-order valence-corrected chi connectivity index (χ1v) is 9.97. The highest BCUT2D eigenvalue weighted by molar-refractivity contribution is 7.89. The number of hydrogen-bond donors (Lipinski definition) is 2. The van der Waals surface area contributed by atoms with Crippen molar-refractivity contribution < 1.29 is 27.4 Å². The average Bonchev–Trinajstić information content (AvgIpc) is 2.68. The molecule has 0 spiro atoms. The lowest BCUT2D eigenvalue weighted by molar-refractivity contribution is -0.123. The van der Waals surface area contributed by atoms with Crippen molar-refractivity contribution in [3.05, 3.63) is 42.5 Å². The topological polar surface area (TPSA) is 103 Å². The molecule has 4 rings (SSSR count). The number of benzene rings is 2. The summed E-state index contributed by atoms with van der Waals surface area (Å²) in [6.45, 7) is 0.862. The maximum absolute atomic E-state index is 12.5. The van der Waals surface area contributed by atoms with Gasteiger partial charge in [-0.1, -0.05) is 12.1 Å². The van der Waals surface area contributed by atoms with Crippen LogP contribution in [0.1, 0.15) is 6.42 Å². The number of carbonyl (C=O) groups is 1. The Hall–Kier alpha value is -2.78. The van der Waals surface area contributed by atoms with Crippen LogP contribution in [0.3, 0.4) is 0 Å². The zero-order valence-electron chi connectivity index (χ0n) is 14.3. The predicted molar refractivity (Wildman–Crippen MR) is 96.7 cm³/mol. The third kappa shape index (κ3) is 3.69. The molecule has 0 bridgehead atoms. The second-order valence-corrected chi connectivity index (χ2v) is 7.85. The zero-order chi connectivity index (χ0) is 18.9. The van der Waals surface area contributed by atoms with Crippen LogP contribution in [-0.2, 0) is 14.8 Å². The number of anilines is 1. The molecule has 1 atom stereocenters. The molecule has 1 unspecified atom stereocenters. The monoisotopic (exact) mass is 390 g/mol. The summed E-state index contributed by atoms with van der Waals surface area (Å²) in [7, 11) is -3.75. The molecule has 142 valence electrons. The smallest absolute Gasteiger partial charge is 0.265 e. The molecule has 0 saturated heterocycles. The maximum atomic E-state index is 12.5. The third-order valence-electron chi connectivity index (χ3n) is 4.23. The summed E-state index contributed by atoms with van der Waals surface area (Å²) in [5.41, 5.74) is 0.607. The van der Waals surface area contributed by atoms with Crippen molar-refractivity contribution in [3.8, 4) is 17.2 Å². The van der Waals surface area contributed by atoms with Gasteiger partial charge >= 0.3 is 0 Å². The lowest BCUT2D eigenvalue weighted by Crippen LogP contribution is -2.39. The highest BCUT2D eigenvalue weighted by Crippen LogP contribution is 2.32. The molecule has 0 aromatic heterocycles. The Morgan fingerprint density at radius 3 is 2.67 bits per heavy atom. The Morgan fingerprint density at radius 1 is 1.04 bits per heavy atom. The van der Waals surface area contributed by atoms with E-state index in [0.717, 1.165) is 0 Å². The standard InChI is InChI=1S/C18H18N2O6S/c21-18-16(26-14-4-2-1-3-13(14)20-18)7-8-19-27(22,23)12-5-6-15-17(11-12)25-10-9-24-15/h1-6,11,16,19H,7-10H2,(H,20,21). The first-order chi connectivity index (χ1) is 13.0. The van der Waals surface area contributed by atoms with Gasteiger partial charge in [0.1, 0.15) is 19.0 Å². The van der Waals surface area contributed by atoms with Crippen molar-refractivity contribution in [2.24, 2.45) is 0 Å². The van der Waals surface area contributed by atoms with E-state index in [0.29, 0.717) is 36.1 Å². The first kappa shape index (κ1) is 17.6. The quantitative estimate of drug-likeness (QED) is 0.803. The highest BCUT2D eigenvalue weighted by atomic mass is 32.2. The van der Waals surface area contributed by atoms with E-state index in [1.807, 2.05) is 0 Å². The van der Waals surface area contributed by atoms with Gasteiger partial charge in [0.25, 0.3) is 5.91 Å². The second-order valence-electron chi connectivity index (χ2n) is 6.08. The summed E-state index contributed by atoms with van der Waals surface area (Å²) in [6, 6.07) is 11.5. The Kier molecular flexibility index (Phi) is 4.63. The molecule has 2 aromatic rings. The van der Waals surface area contributed by atoms with Crippen LogP contribution in [0.15, 0.2) is 47.4 Å². The minimum Gasteiger partial charge on any atom is -0.486 e. The van der Waals surface area contributed by atoms with E-state index in [4.69, 9.17) is 14.2 Å². The first-order valence-electron chi connectivity index (χ1n) is 8.49. The van der Waals surface area contributed by atoms with Crippen molar-refractivity contribution in [1.29, 1.82) is 0 Å². The summed E-state index contributed by atoms with van der Waals surface area (Å²) in [5.74, 6) is 1.19. The molecule has 2 N–H and O–H groups in total. The minimum absolute atomic E-state index is 0.0526. The molecule has 0 aliphatic carbocycles. The van der Waals surface area contributed by atoms with E-state index in [2.05, 4.69) is 10.0 Å². The van der Waals surface area contributed by atoms with Crippen molar-refractivity contribution in [2.75, 3.05) is 25.1 Å². The van der Waals surface area contributed by atoms with Crippen LogP contribution in [0.4, 0.5) is 5.69 Å². The van der Waals surface area contributed by atoms with Gasteiger partial charge in [0, 0.05) is 19.0 Å². The van der Waals surface area contributed by atoms with E-state index in [9.17, 15) is 13.2 Å². The van der Waals surface area contributed by atoms with E-state index in [1.54, 1.807) is 30.3 Å². The van der Waals surface area contributed by atoms with Gasteiger partial charge in [-0.2, -0.15) is 0 Å². The molecule has 0 fully saturated rings. The van der Waals surface area contributed by atoms with Crippen LogP contribution in [0.5, 0.6) is 17.2 Å². The Bertz CT molecular complexity index is 976. The van der Waals surface area contributed by atoms with Crippen molar-refractivity contribution in [2.45, 2.75) is 17.4 Å². The molecule has 9 heteroatoms. The van der Waals surface area contributed by atoms with E-state index in [-0.39, 0.29) is 23.8 Å². The summed E-state index contributed by atoms with van der Waals surface area (Å²) < 4.78 is 43.9. The van der Waals surface area contributed by atoms with Gasteiger partial charge in [0.2, 0.25) is 10.0 Å². The number of fused-ring (bicyclic) bond motifs is 2. The molecule has 1 amide bonds. The molecule has 2 aliphatic heterocycles. The van der Waals surface area contributed by atoms with E-state index in [1.165, 1.54) is 12.1 Å². The zero-order valence-corrected chi connectivity index (χ0v) is 15.1. The molecule has 2 aromatic carbocycles. The minimum atomic E-state index is -3.75. The van der Waals surface area contributed by atoms with Gasteiger partial charge in [-0.3, -0.25) is 4.79 Å². The second kappa shape index (κ2) is 7.09. The van der Waals surface area contributed by atoms with Gasteiger partial charge < -0.3 is 19.5 Å². The number of amides is 1. The van der Waals surface area contributed by atoms with Crippen molar-refractivity contribution in [3.63, 3.8) is 0 Å². The van der Waals surface area contributed by atoms with Crippen LogP contribution in [0.25, 0.3) is 0 Å². The van der Waals surface area contributed by atoms with Crippen LogP contribution >= 0.6 is 0 Å².